The summed E-state index contributed by atoms with van der Waals surface area (Å²) in [7, 11) is 0. The van der Waals surface area contributed by atoms with Gasteiger partial charge >= 0.3 is 5.97 Å². The van der Waals surface area contributed by atoms with Gasteiger partial charge in [-0.05, 0) is 62.8 Å². The fourth-order valence-corrected chi connectivity index (χ4v) is 2.87. The van der Waals surface area contributed by atoms with E-state index in [1.165, 1.54) is 17.5 Å². The maximum Gasteiger partial charge on any atom is 0.303 e. The van der Waals surface area contributed by atoms with E-state index in [1.54, 1.807) is 4.90 Å². The number of fused-ring (bicyclic) bond motifs is 1. The van der Waals surface area contributed by atoms with Crippen LogP contribution in [-0.4, -0.2) is 34.5 Å². The smallest absolute Gasteiger partial charge is 0.303 e. The van der Waals surface area contributed by atoms with Crippen LogP contribution in [0.5, 0.6) is 0 Å². The monoisotopic (exact) mass is 289 g/mol. The largest absolute Gasteiger partial charge is 0.481 e. The molecule has 1 N–H and O–H groups in total. The standard InChI is InChI=1S/C17H23NO3/c1-12(2)18(10-4-7-16(19)20)17(21)15-9-8-13-5-3-6-14(13)11-15/h8-9,11-12H,3-7,10H2,1-2H3,(H,19,20). The van der Waals surface area contributed by atoms with E-state index in [1.807, 2.05) is 26.0 Å². The second-order valence-electron chi connectivity index (χ2n) is 5.93. The lowest BCUT2D eigenvalue weighted by Gasteiger charge is -2.27. The van der Waals surface area contributed by atoms with E-state index < -0.39 is 5.97 Å². The summed E-state index contributed by atoms with van der Waals surface area (Å²) in [6, 6.07) is 6.04. The summed E-state index contributed by atoms with van der Waals surface area (Å²) in [6.45, 7) is 4.41. The van der Waals surface area contributed by atoms with E-state index in [2.05, 4.69) is 6.07 Å². The number of aliphatic carboxylic acids is 1. The minimum absolute atomic E-state index is 0.00471. The van der Waals surface area contributed by atoms with Gasteiger partial charge in [0.05, 0.1) is 0 Å². The third-order valence-electron chi connectivity index (χ3n) is 4.02. The average Bonchev–Trinajstić information content (AvgIpc) is 2.89. The minimum Gasteiger partial charge on any atom is -0.481 e. The number of hydrogen-bond donors (Lipinski definition) is 1. The fourth-order valence-electron chi connectivity index (χ4n) is 2.87. The van der Waals surface area contributed by atoms with Gasteiger partial charge in [-0.3, -0.25) is 9.59 Å². The maximum absolute atomic E-state index is 12.6. The summed E-state index contributed by atoms with van der Waals surface area (Å²) in [6.07, 6.45) is 3.91. The molecule has 4 heteroatoms. The lowest BCUT2D eigenvalue weighted by Crippen LogP contribution is -2.38. The molecule has 1 aromatic carbocycles. The van der Waals surface area contributed by atoms with Crippen LogP contribution in [0.15, 0.2) is 18.2 Å². The highest BCUT2D eigenvalue weighted by molar-refractivity contribution is 5.94. The molecule has 0 fully saturated rings. The Morgan fingerprint density at radius 3 is 2.62 bits per heavy atom. The molecule has 0 radical (unpaired) electrons. The van der Waals surface area contributed by atoms with E-state index in [-0.39, 0.29) is 18.4 Å². The Hall–Kier alpha value is -1.84. The fraction of sp³-hybridized carbons (Fsp3) is 0.529. The maximum atomic E-state index is 12.6. The molecule has 0 heterocycles. The Morgan fingerprint density at radius 2 is 1.95 bits per heavy atom. The molecule has 0 saturated carbocycles. The van der Waals surface area contributed by atoms with Crippen LogP contribution in [0.25, 0.3) is 0 Å². The van der Waals surface area contributed by atoms with Crippen molar-refractivity contribution >= 4 is 11.9 Å². The van der Waals surface area contributed by atoms with Crippen molar-refractivity contribution in [1.82, 2.24) is 4.90 Å². The second kappa shape index (κ2) is 6.74. The van der Waals surface area contributed by atoms with Crippen molar-refractivity contribution in [3.8, 4) is 0 Å². The summed E-state index contributed by atoms with van der Waals surface area (Å²) in [4.78, 5) is 25.0. The number of rotatable bonds is 6. The molecule has 0 saturated heterocycles. The van der Waals surface area contributed by atoms with Gasteiger partial charge in [0.15, 0.2) is 0 Å². The first-order chi connectivity index (χ1) is 9.99. The predicted octanol–water partition coefficient (Wildman–Crippen LogP) is 2.89. The van der Waals surface area contributed by atoms with Crippen LogP contribution in [0, 0.1) is 0 Å². The van der Waals surface area contributed by atoms with Crippen molar-refractivity contribution in [2.75, 3.05) is 6.54 Å². The first-order valence-corrected chi connectivity index (χ1v) is 7.63. The summed E-state index contributed by atoms with van der Waals surface area (Å²) in [5, 5.41) is 8.72. The molecule has 0 spiro atoms. The highest BCUT2D eigenvalue weighted by Crippen LogP contribution is 2.23. The van der Waals surface area contributed by atoms with Crippen LogP contribution in [0.3, 0.4) is 0 Å². The van der Waals surface area contributed by atoms with Gasteiger partial charge in [0, 0.05) is 24.6 Å². The molecule has 21 heavy (non-hydrogen) atoms. The molecule has 1 aliphatic carbocycles. The molecule has 114 valence electrons. The lowest BCUT2D eigenvalue weighted by molar-refractivity contribution is -0.137. The van der Waals surface area contributed by atoms with Gasteiger partial charge in [-0.15, -0.1) is 0 Å². The lowest BCUT2D eigenvalue weighted by atomic mass is 10.0. The Morgan fingerprint density at radius 1 is 1.24 bits per heavy atom. The van der Waals surface area contributed by atoms with E-state index in [4.69, 9.17) is 5.11 Å². The third kappa shape index (κ3) is 3.84. The number of aryl methyl sites for hydroxylation is 2. The van der Waals surface area contributed by atoms with Gasteiger partial charge in [0.25, 0.3) is 5.91 Å². The van der Waals surface area contributed by atoms with Gasteiger partial charge < -0.3 is 10.0 Å². The summed E-state index contributed by atoms with van der Waals surface area (Å²) >= 11 is 0. The molecule has 0 aliphatic heterocycles. The van der Waals surface area contributed by atoms with Crippen molar-refractivity contribution in [3.63, 3.8) is 0 Å². The zero-order valence-electron chi connectivity index (χ0n) is 12.8. The van der Waals surface area contributed by atoms with E-state index in [9.17, 15) is 9.59 Å². The zero-order chi connectivity index (χ0) is 15.4. The number of carboxylic acid groups (broad SMARTS) is 1. The summed E-state index contributed by atoms with van der Waals surface area (Å²) in [5.74, 6) is -0.811. The third-order valence-corrected chi connectivity index (χ3v) is 4.02. The highest BCUT2D eigenvalue weighted by Gasteiger charge is 2.20. The van der Waals surface area contributed by atoms with Crippen LogP contribution < -0.4 is 0 Å². The van der Waals surface area contributed by atoms with Crippen LogP contribution in [0.1, 0.15) is 54.6 Å². The Labute approximate surface area is 125 Å². The molecule has 4 nitrogen and oxygen atoms in total. The number of carboxylic acids is 1. The molecular weight excluding hydrogens is 266 g/mol. The topological polar surface area (TPSA) is 57.6 Å². The van der Waals surface area contributed by atoms with Crippen LogP contribution >= 0.6 is 0 Å². The molecule has 0 atom stereocenters. The Kier molecular flexibility index (Phi) is 4.99. The minimum atomic E-state index is -0.816. The molecule has 2 rings (SSSR count). The number of carbonyl (C=O) groups excluding carboxylic acids is 1. The van der Waals surface area contributed by atoms with Gasteiger partial charge in [0.1, 0.15) is 0 Å². The van der Waals surface area contributed by atoms with Crippen molar-refractivity contribution in [1.29, 1.82) is 0 Å². The summed E-state index contributed by atoms with van der Waals surface area (Å²) < 4.78 is 0. The van der Waals surface area contributed by atoms with E-state index >= 15 is 0 Å². The molecule has 0 bridgehead atoms. The second-order valence-corrected chi connectivity index (χ2v) is 5.93. The normalized spacial score (nSPS) is 13.3. The van der Waals surface area contributed by atoms with Crippen molar-refractivity contribution in [2.24, 2.45) is 0 Å². The van der Waals surface area contributed by atoms with Crippen LogP contribution in [0.2, 0.25) is 0 Å². The zero-order valence-corrected chi connectivity index (χ0v) is 12.8. The van der Waals surface area contributed by atoms with Crippen molar-refractivity contribution in [3.05, 3.63) is 34.9 Å². The van der Waals surface area contributed by atoms with Crippen LogP contribution in [0.4, 0.5) is 0 Å². The number of benzene rings is 1. The number of hydrogen-bond acceptors (Lipinski definition) is 2. The molecule has 1 aromatic rings. The SMILES string of the molecule is CC(C)N(CCCC(=O)O)C(=O)c1ccc2c(c1)CCC2. The quantitative estimate of drug-likeness (QED) is 0.876. The van der Waals surface area contributed by atoms with Gasteiger partial charge in [0.2, 0.25) is 0 Å². The van der Waals surface area contributed by atoms with Crippen LogP contribution in [-0.2, 0) is 17.6 Å². The highest BCUT2D eigenvalue weighted by atomic mass is 16.4. The Bertz CT molecular complexity index is 537. The van der Waals surface area contributed by atoms with Gasteiger partial charge in [-0.1, -0.05) is 6.07 Å². The Balaban J connectivity index is 2.09. The van der Waals surface area contributed by atoms with Crippen molar-refractivity contribution in [2.45, 2.75) is 52.0 Å². The molecule has 0 aromatic heterocycles. The van der Waals surface area contributed by atoms with E-state index in [0.29, 0.717) is 13.0 Å². The molecule has 0 unspecified atom stereocenters. The first kappa shape index (κ1) is 15.5. The van der Waals surface area contributed by atoms with Gasteiger partial charge in [-0.2, -0.15) is 0 Å². The summed E-state index contributed by atoms with van der Waals surface area (Å²) in [5.41, 5.74) is 3.36. The number of carbonyl (C=O) groups is 2. The first-order valence-electron chi connectivity index (χ1n) is 7.63. The van der Waals surface area contributed by atoms with Crippen molar-refractivity contribution < 1.29 is 14.7 Å². The van der Waals surface area contributed by atoms with E-state index in [0.717, 1.165) is 18.4 Å². The number of nitrogens with zero attached hydrogens (tertiary/aromatic N) is 1. The van der Waals surface area contributed by atoms with Gasteiger partial charge in [-0.25, -0.2) is 0 Å². The molecule has 1 amide bonds. The molecule has 1 aliphatic rings. The molecular formula is C17H23NO3. The predicted molar refractivity (Wildman–Crippen MR) is 81.5 cm³/mol. The average molecular weight is 289 g/mol. The number of amides is 1.